The van der Waals surface area contributed by atoms with Gasteiger partial charge in [-0.1, -0.05) is 23.4 Å². The van der Waals surface area contributed by atoms with Crippen molar-refractivity contribution in [3.8, 4) is 17.1 Å². The van der Waals surface area contributed by atoms with Gasteiger partial charge in [0.2, 0.25) is 0 Å². The van der Waals surface area contributed by atoms with E-state index in [1.807, 2.05) is 30.3 Å². The Morgan fingerprint density at radius 3 is 2.67 bits per heavy atom. The molecule has 6 nitrogen and oxygen atoms in total. The van der Waals surface area contributed by atoms with E-state index in [4.69, 9.17) is 9.26 Å². The Hall–Kier alpha value is -3.15. The van der Waals surface area contributed by atoms with E-state index < -0.39 is 0 Å². The summed E-state index contributed by atoms with van der Waals surface area (Å²) in [4.78, 5) is 16.4. The monoisotopic (exact) mass is 323 g/mol. The van der Waals surface area contributed by atoms with E-state index in [-0.39, 0.29) is 5.91 Å². The predicted molar refractivity (Wildman–Crippen MR) is 88.7 cm³/mol. The van der Waals surface area contributed by atoms with Gasteiger partial charge in [0, 0.05) is 18.0 Å². The Morgan fingerprint density at radius 2 is 1.92 bits per heavy atom. The highest BCUT2D eigenvalue weighted by Crippen LogP contribution is 2.25. The van der Waals surface area contributed by atoms with E-state index in [1.165, 1.54) is 0 Å². The number of para-hydroxylation sites is 1. The number of aromatic nitrogens is 2. The normalized spacial score (nSPS) is 10.4. The van der Waals surface area contributed by atoms with E-state index >= 15 is 0 Å². The molecule has 3 rings (SSSR count). The minimum absolute atomic E-state index is 0.239. The Bertz CT molecular complexity index is 801. The van der Waals surface area contributed by atoms with Crippen LogP contribution < -0.4 is 10.1 Å². The van der Waals surface area contributed by atoms with Crippen molar-refractivity contribution < 1.29 is 14.1 Å². The van der Waals surface area contributed by atoms with Crippen LogP contribution in [0.3, 0.4) is 0 Å². The topological polar surface area (TPSA) is 77.2 Å². The van der Waals surface area contributed by atoms with E-state index in [0.29, 0.717) is 30.2 Å². The van der Waals surface area contributed by atoms with Gasteiger partial charge in [0.05, 0.1) is 12.2 Å². The van der Waals surface area contributed by atoms with Crippen LogP contribution in [0.15, 0.2) is 59.4 Å². The lowest BCUT2D eigenvalue weighted by atomic mass is 10.1. The number of aryl methyl sites for hydroxylation is 1. The highest BCUT2D eigenvalue weighted by Gasteiger charge is 2.21. The lowest BCUT2D eigenvalue weighted by Crippen LogP contribution is -2.28. The van der Waals surface area contributed by atoms with Gasteiger partial charge in [-0.15, -0.1) is 0 Å². The van der Waals surface area contributed by atoms with Gasteiger partial charge in [-0.05, 0) is 31.2 Å². The molecule has 0 aliphatic carbocycles. The molecule has 1 amide bonds. The molecule has 2 heterocycles. The maximum atomic E-state index is 12.4. The van der Waals surface area contributed by atoms with Gasteiger partial charge < -0.3 is 14.6 Å². The third-order valence-electron chi connectivity index (χ3n) is 3.43. The fourth-order valence-corrected chi connectivity index (χ4v) is 2.28. The molecule has 0 radical (unpaired) electrons. The van der Waals surface area contributed by atoms with E-state index in [2.05, 4.69) is 15.5 Å². The summed E-state index contributed by atoms with van der Waals surface area (Å²) < 4.78 is 10.9. The lowest BCUT2D eigenvalue weighted by Gasteiger charge is -2.08. The number of ether oxygens (including phenoxy) is 1. The van der Waals surface area contributed by atoms with Crippen LogP contribution in [0.2, 0.25) is 0 Å². The van der Waals surface area contributed by atoms with Crippen LogP contribution in [0, 0.1) is 6.92 Å². The van der Waals surface area contributed by atoms with Crippen LogP contribution in [-0.4, -0.2) is 29.2 Å². The van der Waals surface area contributed by atoms with Gasteiger partial charge in [0.1, 0.15) is 17.9 Å². The van der Waals surface area contributed by atoms with Crippen molar-refractivity contribution in [3.05, 3.63) is 66.1 Å². The van der Waals surface area contributed by atoms with Crippen LogP contribution in [0.4, 0.5) is 0 Å². The fourth-order valence-electron chi connectivity index (χ4n) is 2.28. The van der Waals surface area contributed by atoms with Crippen molar-refractivity contribution >= 4 is 5.91 Å². The number of rotatable bonds is 6. The van der Waals surface area contributed by atoms with Crippen LogP contribution in [0.5, 0.6) is 5.75 Å². The van der Waals surface area contributed by atoms with Crippen LogP contribution in [-0.2, 0) is 0 Å². The van der Waals surface area contributed by atoms with Crippen molar-refractivity contribution in [3.63, 3.8) is 0 Å². The Balaban J connectivity index is 1.62. The molecule has 1 aromatic carbocycles. The number of carbonyl (C=O) groups excluding carboxylic acids is 1. The molecule has 0 aliphatic heterocycles. The van der Waals surface area contributed by atoms with Crippen molar-refractivity contribution in [1.82, 2.24) is 15.5 Å². The highest BCUT2D eigenvalue weighted by atomic mass is 16.5. The molecule has 0 fully saturated rings. The third kappa shape index (κ3) is 3.60. The van der Waals surface area contributed by atoms with Crippen molar-refractivity contribution in [2.45, 2.75) is 6.92 Å². The second-order valence-electron chi connectivity index (χ2n) is 5.13. The maximum Gasteiger partial charge on any atom is 0.257 e. The first-order valence-corrected chi connectivity index (χ1v) is 7.58. The summed E-state index contributed by atoms with van der Waals surface area (Å²) >= 11 is 0. The highest BCUT2D eigenvalue weighted by molar-refractivity contribution is 6.00. The lowest BCUT2D eigenvalue weighted by molar-refractivity contribution is 0.0946. The predicted octanol–water partition coefficient (Wildman–Crippen LogP) is 2.85. The zero-order chi connectivity index (χ0) is 16.8. The number of nitrogens with zero attached hydrogens (tertiary/aromatic N) is 2. The first-order chi connectivity index (χ1) is 11.8. The molecule has 0 saturated carbocycles. The number of amides is 1. The third-order valence-corrected chi connectivity index (χ3v) is 3.43. The number of benzene rings is 1. The van der Waals surface area contributed by atoms with Crippen molar-refractivity contribution in [2.24, 2.45) is 0 Å². The van der Waals surface area contributed by atoms with E-state index in [0.717, 1.165) is 11.3 Å². The summed E-state index contributed by atoms with van der Waals surface area (Å²) in [6.07, 6.45) is 3.28. The summed E-state index contributed by atoms with van der Waals surface area (Å²) in [6, 6.07) is 13.0. The van der Waals surface area contributed by atoms with Gasteiger partial charge >= 0.3 is 0 Å². The van der Waals surface area contributed by atoms with Gasteiger partial charge in [-0.2, -0.15) is 0 Å². The van der Waals surface area contributed by atoms with Crippen LogP contribution >= 0.6 is 0 Å². The molecule has 0 atom stereocenters. The molecule has 0 aliphatic rings. The van der Waals surface area contributed by atoms with Gasteiger partial charge in [0.25, 0.3) is 5.91 Å². The average molecular weight is 323 g/mol. The molecule has 0 unspecified atom stereocenters. The molecule has 1 N–H and O–H groups in total. The smallest absolute Gasteiger partial charge is 0.257 e. The molecule has 0 bridgehead atoms. The fraction of sp³-hybridized carbons (Fsp3) is 0.167. The summed E-state index contributed by atoms with van der Waals surface area (Å²) in [5.41, 5.74) is 1.74. The molecule has 122 valence electrons. The Morgan fingerprint density at radius 1 is 1.17 bits per heavy atom. The summed E-state index contributed by atoms with van der Waals surface area (Å²) in [5.74, 6) is 0.971. The SMILES string of the molecule is Cc1noc(-c2ccncc2)c1C(=O)NCCOc1ccccc1. The Labute approximate surface area is 139 Å². The van der Waals surface area contributed by atoms with Crippen LogP contribution in [0.25, 0.3) is 11.3 Å². The van der Waals surface area contributed by atoms with Crippen LogP contribution in [0.1, 0.15) is 16.1 Å². The minimum Gasteiger partial charge on any atom is -0.492 e. The van der Waals surface area contributed by atoms with Gasteiger partial charge in [-0.3, -0.25) is 9.78 Å². The standard InChI is InChI=1S/C18H17N3O3/c1-13-16(17(24-21-13)14-7-9-19-10-8-14)18(22)20-11-12-23-15-5-3-2-4-6-15/h2-10H,11-12H2,1H3,(H,20,22). The van der Waals surface area contributed by atoms with Gasteiger partial charge in [-0.25, -0.2) is 0 Å². The van der Waals surface area contributed by atoms with E-state index in [1.54, 1.807) is 31.5 Å². The summed E-state index contributed by atoms with van der Waals surface area (Å²) in [7, 11) is 0. The summed E-state index contributed by atoms with van der Waals surface area (Å²) in [5, 5.41) is 6.73. The van der Waals surface area contributed by atoms with Gasteiger partial charge in [0.15, 0.2) is 5.76 Å². The molecule has 2 aromatic heterocycles. The summed E-state index contributed by atoms with van der Waals surface area (Å²) in [6.45, 7) is 2.50. The number of pyridine rings is 1. The minimum atomic E-state index is -0.239. The zero-order valence-corrected chi connectivity index (χ0v) is 13.2. The molecule has 3 aromatic rings. The zero-order valence-electron chi connectivity index (χ0n) is 13.2. The molecule has 0 saturated heterocycles. The molecular formula is C18H17N3O3. The molecule has 0 spiro atoms. The number of carbonyl (C=O) groups is 1. The van der Waals surface area contributed by atoms with E-state index in [9.17, 15) is 4.79 Å². The molecular weight excluding hydrogens is 306 g/mol. The van der Waals surface area contributed by atoms with Crippen molar-refractivity contribution in [1.29, 1.82) is 0 Å². The number of hydrogen-bond donors (Lipinski definition) is 1. The average Bonchev–Trinajstić information content (AvgIpc) is 3.02. The second kappa shape index (κ2) is 7.41. The molecule has 24 heavy (non-hydrogen) atoms. The second-order valence-corrected chi connectivity index (χ2v) is 5.13. The number of hydrogen-bond acceptors (Lipinski definition) is 5. The van der Waals surface area contributed by atoms with Crippen molar-refractivity contribution in [2.75, 3.05) is 13.2 Å². The Kier molecular flexibility index (Phi) is 4.86. The maximum absolute atomic E-state index is 12.4. The first kappa shape index (κ1) is 15.7. The largest absolute Gasteiger partial charge is 0.492 e. The first-order valence-electron chi connectivity index (χ1n) is 7.58. The number of nitrogens with one attached hydrogen (secondary N) is 1. The molecule has 6 heteroatoms. The quantitative estimate of drug-likeness (QED) is 0.706.